The second-order valence-corrected chi connectivity index (χ2v) is 8.74. The normalized spacial score (nSPS) is 16.0. The Bertz CT molecular complexity index is 1300. The zero-order valence-corrected chi connectivity index (χ0v) is 18.4. The van der Waals surface area contributed by atoms with Crippen molar-refractivity contribution < 1.29 is 9.90 Å². The van der Waals surface area contributed by atoms with Gasteiger partial charge in [-0.25, -0.2) is 4.79 Å². The van der Waals surface area contributed by atoms with Gasteiger partial charge in [0.1, 0.15) is 5.56 Å². The van der Waals surface area contributed by atoms with Crippen molar-refractivity contribution in [2.75, 3.05) is 13.1 Å². The van der Waals surface area contributed by atoms with Gasteiger partial charge in [-0.2, -0.15) is 0 Å². The van der Waals surface area contributed by atoms with Gasteiger partial charge in [0.05, 0.1) is 5.52 Å². The summed E-state index contributed by atoms with van der Waals surface area (Å²) in [4.78, 5) is 26.6. The number of rotatable bonds is 5. The highest BCUT2D eigenvalue weighted by Gasteiger charge is 2.37. The number of hydrogen-bond donors (Lipinski definition) is 1. The molecule has 1 fully saturated rings. The van der Waals surface area contributed by atoms with Crippen LogP contribution in [0.4, 0.5) is 0 Å². The lowest BCUT2D eigenvalue weighted by atomic mass is 9.68. The Balaban J connectivity index is 1.46. The van der Waals surface area contributed by atoms with Crippen LogP contribution in [0, 0.1) is 0 Å². The number of benzene rings is 2. The van der Waals surface area contributed by atoms with Gasteiger partial charge < -0.3 is 5.11 Å². The molecule has 3 heterocycles. The molecule has 33 heavy (non-hydrogen) atoms. The summed E-state index contributed by atoms with van der Waals surface area (Å²) in [6, 6.07) is 28.5. The maximum atomic E-state index is 12.6. The number of fused-ring (bicyclic) bond motifs is 1. The number of aromatic carboxylic acids is 1. The molecule has 1 N–H and O–H groups in total. The first-order chi connectivity index (χ1) is 16.1. The molecule has 0 amide bonds. The topological polar surface area (TPSA) is 62.0 Å². The summed E-state index contributed by atoms with van der Waals surface area (Å²) in [5.74, 6) is -1.19. The molecule has 0 aliphatic carbocycles. The number of carbonyl (C=O) groups is 1. The van der Waals surface area contributed by atoms with Gasteiger partial charge >= 0.3 is 5.97 Å². The van der Waals surface area contributed by atoms with E-state index in [1.807, 2.05) is 12.1 Å². The Kier molecular flexibility index (Phi) is 5.56. The minimum atomic E-state index is -1.19. The second kappa shape index (κ2) is 8.68. The lowest BCUT2D eigenvalue weighted by molar-refractivity contribution is 0.0694. The van der Waals surface area contributed by atoms with Crippen LogP contribution in [0.25, 0.3) is 5.52 Å². The zero-order valence-electron chi connectivity index (χ0n) is 18.4. The number of nitrogens with zero attached hydrogens (tertiary/aromatic N) is 2. The van der Waals surface area contributed by atoms with Crippen LogP contribution in [0.5, 0.6) is 0 Å². The molecule has 1 saturated heterocycles. The summed E-state index contributed by atoms with van der Waals surface area (Å²) < 4.78 is 1.45. The number of piperidine rings is 1. The molecule has 0 bridgehead atoms. The Morgan fingerprint density at radius 1 is 0.848 bits per heavy atom. The van der Waals surface area contributed by atoms with E-state index in [0.29, 0.717) is 6.54 Å². The standard InChI is InChI=1S/C28H26N2O3/c31-26-24(27(32)33)19-21(25-13-7-8-16-30(25)26)20-29-17-14-28(15-18-29,22-9-3-1-4-10-22)23-11-5-2-6-12-23/h1-13,16,19H,14-15,17-18,20H2,(H,32,33). The molecular weight excluding hydrogens is 412 g/mol. The molecule has 0 unspecified atom stereocenters. The van der Waals surface area contributed by atoms with Crippen LogP contribution < -0.4 is 5.56 Å². The number of aromatic nitrogens is 1. The van der Waals surface area contributed by atoms with E-state index in [4.69, 9.17) is 0 Å². The van der Waals surface area contributed by atoms with Crippen molar-refractivity contribution in [2.24, 2.45) is 0 Å². The summed E-state index contributed by atoms with van der Waals surface area (Å²) in [5.41, 5.74) is 3.57. The van der Waals surface area contributed by atoms with Crippen molar-refractivity contribution in [1.82, 2.24) is 9.30 Å². The Morgan fingerprint density at radius 3 is 2.00 bits per heavy atom. The Morgan fingerprint density at radius 2 is 1.42 bits per heavy atom. The quantitative estimate of drug-likeness (QED) is 0.496. The molecular formula is C28H26N2O3. The lowest BCUT2D eigenvalue weighted by Crippen LogP contribution is -2.43. The molecule has 5 heteroatoms. The van der Waals surface area contributed by atoms with E-state index in [-0.39, 0.29) is 11.0 Å². The molecule has 5 rings (SSSR count). The Labute approximate surface area is 192 Å². The van der Waals surface area contributed by atoms with Gasteiger partial charge in [-0.3, -0.25) is 14.1 Å². The molecule has 1 aliphatic heterocycles. The molecule has 0 saturated carbocycles. The number of carboxylic acid groups (broad SMARTS) is 1. The van der Waals surface area contributed by atoms with Gasteiger partial charge in [0.15, 0.2) is 0 Å². The van der Waals surface area contributed by atoms with Crippen LogP contribution in [0.2, 0.25) is 0 Å². The van der Waals surface area contributed by atoms with Crippen LogP contribution in [0.1, 0.15) is 39.9 Å². The molecule has 166 valence electrons. The van der Waals surface area contributed by atoms with Crippen molar-refractivity contribution in [3.63, 3.8) is 0 Å². The molecule has 5 nitrogen and oxygen atoms in total. The van der Waals surface area contributed by atoms with Crippen molar-refractivity contribution in [1.29, 1.82) is 0 Å². The summed E-state index contributed by atoms with van der Waals surface area (Å²) in [6.07, 6.45) is 3.58. The van der Waals surface area contributed by atoms with E-state index >= 15 is 0 Å². The first-order valence-corrected chi connectivity index (χ1v) is 11.3. The highest BCUT2D eigenvalue weighted by Crippen LogP contribution is 2.42. The monoisotopic (exact) mass is 438 g/mol. The number of carboxylic acids is 1. The van der Waals surface area contributed by atoms with E-state index in [1.54, 1.807) is 18.3 Å². The maximum absolute atomic E-state index is 12.6. The fourth-order valence-corrected chi connectivity index (χ4v) is 5.19. The van der Waals surface area contributed by atoms with Crippen LogP contribution in [0.15, 0.2) is 95.9 Å². The molecule has 1 aliphatic rings. The van der Waals surface area contributed by atoms with Gasteiger partial charge in [0.25, 0.3) is 5.56 Å². The van der Waals surface area contributed by atoms with Crippen LogP contribution in [-0.2, 0) is 12.0 Å². The highest BCUT2D eigenvalue weighted by molar-refractivity contribution is 5.88. The second-order valence-electron chi connectivity index (χ2n) is 8.74. The van der Waals surface area contributed by atoms with E-state index in [1.165, 1.54) is 15.5 Å². The predicted molar refractivity (Wildman–Crippen MR) is 129 cm³/mol. The molecule has 0 atom stereocenters. The van der Waals surface area contributed by atoms with E-state index < -0.39 is 11.5 Å². The summed E-state index contributed by atoms with van der Waals surface area (Å²) in [7, 11) is 0. The third-order valence-corrected chi connectivity index (χ3v) is 6.94. The molecule has 4 aromatic rings. The third kappa shape index (κ3) is 3.85. The van der Waals surface area contributed by atoms with Gasteiger partial charge in [-0.15, -0.1) is 0 Å². The number of pyridine rings is 2. The van der Waals surface area contributed by atoms with Gasteiger partial charge in [-0.1, -0.05) is 66.7 Å². The SMILES string of the molecule is O=C(O)c1cc(CN2CCC(c3ccccc3)(c3ccccc3)CC2)c2ccccn2c1=O. The van der Waals surface area contributed by atoms with Crippen molar-refractivity contribution in [3.05, 3.63) is 124 Å². The minimum Gasteiger partial charge on any atom is -0.477 e. The Hall–Kier alpha value is -3.70. The number of likely N-dealkylation sites (tertiary alicyclic amines) is 1. The highest BCUT2D eigenvalue weighted by atomic mass is 16.4. The van der Waals surface area contributed by atoms with E-state index in [9.17, 15) is 14.7 Å². The van der Waals surface area contributed by atoms with Gasteiger partial charge in [0.2, 0.25) is 0 Å². The lowest BCUT2D eigenvalue weighted by Gasteiger charge is -2.43. The smallest absolute Gasteiger partial charge is 0.341 e. The average Bonchev–Trinajstić information content (AvgIpc) is 2.87. The van der Waals surface area contributed by atoms with Crippen molar-refractivity contribution >= 4 is 11.5 Å². The van der Waals surface area contributed by atoms with Crippen LogP contribution in [0.3, 0.4) is 0 Å². The van der Waals surface area contributed by atoms with E-state index in [2.05, 4.69) is 65.6 Å². The fourth-order valence-electron chi connectivity index (χ4n) is 5.19. The van der Waals surface area contributed by atoms with Crippen LogP contribution >= 0.6 is 0 Å². The molecule has 0 radical (unpaired) electrons. The summed E-state index contributed by atoms with van der Waals surface area (Å²) in [5, 5.41) is 9.55. The zero-order chi connectivity index (χ0) is 22.8. The first-order valence-electron chi connectivity index (χ1n) is 11.3. The molecule has 0 spiro atoms. The van der Waals surface area contributed by atoms with Crippen LogP contribution in [-0.4, -0.2) is 33.5 Å². The largest absolute Gasteiger partial charge is 0.477 e. The third-order valence-electron chi connectivity index (χ3n) is 6.94. The summed E-state index contributed by atoms with van der Waals surface area (Å²) >= 11 is 0. The van der Waals surface area contributed by atoms with Crippen molar-refractivity contribution in [3.8, 4) is 0 Å². The molecule has 2 aromatic heterocycles. The first kappa shape index (κ1) is 21.2. The molecule has 2 aromatic carbocycles. The maximum Gasteiger partial charge on any atom is 0.341 e. The minimum absolute atomic E-state index is 0.0407. The average molecular weight is 439 g/mol. The fraction of sp³-hybridized carbons (Fsp3) is 0.214. The number of hydrogen-bond acceptors (Lipinski definition) is 3. The summed E-state index contributed by atoms with van der Waals surface area (Å²) in [6.45, 7) is 2.36. The predicted octanol–water partition coefficient (Wildman–Crippen LogP) is 4.58. The van der Waals surface area contributed by atoms with Gasteiger partial charge in [-0.05, 0) is 60.8 Å². The van der Waals surface area contributed by atoms with Gasteiger partial charge in [0, 0.05) is 18.2 Å². The van der Waals surface area contributed by atoms with Crippen molar-refractivity contribution in [2.45, 2.75) is 24.8 Å². The van der Waals surface area contributed by atoms with E-state index in [0.717, 1.165) is 37.0 Å².